The minimum Gasteiger partial charge on any atom is -0.497 e. The molecule has 0 aliphatic carbocycles. The standard InChI is InChI=1S/C13H10ClN3O/c1-18-11-4-2-10(3-5-11)17-7-6-9-8-15-13(14)16-12(9)17/h2-8H,1H3. The summed E-state index contributed by atoms with van der Waals surface area (Å²) in [6.07, 6.45) is 3.65. The Morgan fingerprint density at radius 3 is 2.67 bits per heavy atom. The molecule has 18 heavy (non-hydrogen) atoms. The zero-order valence-corrected chi connectivity index (χ0v) is 10.4. The molecule has 2 aromatic heterocycles. The summed E-state index contributed by atoms with van der Waals surface area (Å²) >= 11 is 5.83. The van der Waals surface area contributed by atoms with E-state index < -0.39 is 0 Å². The monoisotopic (exact) mass is 259 g/mol. The second-order valence-electron chi connectivity index (χ2n) is 3.80. The van der Waals surface area contributed by atoms with Gasteiger partial charge in [-0.3, -0.25) is 0 Å². The lowest BCUT2D eigenvalue weighted by molar-refractivity contribution is 0.415. The van der Waals surface area contributed by atoms with E-state index in [4.69, 9.17) is 16.3 Å². The molecule has 0 aliphatic rings. The molecule has 0 saturated carbocycles. The maximum atomic E-state index is 5.83. The highest BCUT2D eigenvalue weighted by atomic mass is 35.5. The number of fused-ring (bicyclic) bond motifs is 1. The maximum absolute atomic E-state index is 5.83. The summed E-state index contributed by atoms with van der Waals surface area (Å²) in [6, 6.07) is 9.70. The summed E-state index contributed by atoms with van der Waals surface area (Å²) in [5.41, 5.74) is 1.79. The summed E-state index contributed by atoms with van der Waals surface area (Å²) in [7, 11) is 1.65. The summed E-state index contributed by atoms with van der Waals surface area (Å²) in [5.74, 6) is 0.822. The van der Waals surface area contributed by atoms with Gasteiger partial charge in [0.2, 0.25) is 5.28 Å². The molecule has 0 atom stereocenters. The molecule has 4 nitrogen and oxygen atoms in total. The molecule has 3 aromatic rings. The molecule has 0 aliphatic heterocycles. The number of aromatic nitrogens is 3. The van der Waals surface area contributed by atoms with Gasteiger partial charge in [-0.2, -0.15) is 4.98 Å². The molecular formula is C13H10ClN3O. The van der Waals surface area contributed by atoms with E-state index in [1.54, 1.807) is 13.3 Å². The van der Waals surface area contributed by atoms with E-state index in [2.05, 4.69) is 9.97 Å². The molecule has 0 spiro atoms. The van der Waals surface area contributed by atoms with Gasteiger partial charge in [0.15, 0.2) is 0 Å². The average Bonchev–Trinajstić information content (AvgIpc) is 2.82. The Bertz CT molecular complexity index is 691. The Kier molecular flexibility index (Phi) is 2.64. The number of halogens is 1. The highest BCUT2D eigenvalue weighted by Crippen LogP contribution is 2.21. The first-order chi connectivity index (χ1) is 8.78. The van der Waals surface area contributed by atoms with E-state index in [0.717, 1.165) is 22.5 Å². The molecule has 0 N–H and O–H groups in total. The molecule has 0 bridgehead atoms. The first-order valence-electron chi connectivity index (χ1n) is 5.42. The van der Waals surface area contributed by atoms with E-state index >= 15 is 0 Å². The van der Waals surface area contributed by atoms with Crippen molar-refractivity contribution in [3.05, 3.63) is 48.0 Å². The minimum atomic E-state index is 0.246. The van der Waals surface area contributed by atoms with Gasteiger partial charge in [-0.15, -0.1) is 0 Å². The number of benzene rings is 1. The molecule has 0 radical (unpaired) electrons. The summed E-state index contributed by atoms with van der Waals surface area (Å²) in [6.45, 7) is 0. The van der Waals surface area contributed by atoms with Crippen molar-refractivity contribution in [1.29, 1.82) is 0 Å². The van der Waals surface area contributed by atoms with E-state index in [1.807, 2.05) is 41.1 Å². The lowest BCUT2D eigenvalue weighted by atomic mass is 10.3. The van der Waals surface area contributed by atoms with Gasteiger partial charge in [0.1, 0.15) is 11.4 Å². The van der Waals surface area contributed by atoms with Crippen LogP contribution in [0.3, 0.4) is 0 Å². The van der Waals surface area contributed by atoms with Crippen LogP contribution in [0, 0.1) is 0 Å². The Labute approximate surface area is 109 Å². The van der Waals surface area contributed by atoms with Gasteiger partial charge in [-0.1, -0.05) is 0 Å². The van der Waals surface area contributed by atoms with Crippen molar-refractivity contribution in [3.63, 3.8) is 0 Å². The number of methoxy groups -OCH3 is 1. The first-order valence-corrected chi connectivity index (χ1v) is 5.80. The Balaban J connectivity index is 2.15. The highest BCUT2D eigenvalue weighted by Gasteiger charge is 2.06. The van der Waals surface area contributed by atoms with Crippen LogP contribution >= 0.6 is 11.6 Å². The van der Waals surface area contributed by atoms with Gasteiger partial charge in [0.05, 0.1) is 7.11 Å². The van der Waals surface area contributed by atoms with Crippen LogP contribution in [-0.2, 0) is 0 Å². The zero-order valence-electron chi connectivity index (χ0n) is 9.67. The fraction of sp³-hybridized carbons (Fsp3) is 0.0769. The number of ether oxygens (including phenoxy) is 1. The van der Waals surface area contributed by atoms with Crippen molar-refractivity contribution in [2.75, 3.05) is 7.11 Å². The van der Waals surface area contributed by atoms with Crippen LogP contribution in [0.15, 0.2) is 42.7 Å². The normalized spacial score (nSPS) is 10.8. The van der Waals surface area contributed by atoms with E-state index in [1.165, 1.54) is 0 Å². The third-order valence-corrected chi connectivity index (χ3v) is 2.93. The minimum absolute atomic E-state index is 0.246. The topological polar surface area (TPSA) is 39.9 Å². The first kappa shape index (κ1) is 11.0. The number of nitrogens with zero attached hydrogens (tertiary/aromatic N) is 3. The van der Waals surface area contributed by atoms with E-state index in [0.29, 0.717) is 0 Å². The van der Waals surface area contributed by atoms with Crippen LogP contribution in [0.1, 0.15) is 0 Å². The largest absolute Gasteiger partial charge is 0.497 e. The Hall–Kier alpha value is -2.07. The lowest BCUT2D eigenvalue weighted by Crippen LogP contribution is -1.94. The van der Waals surface area contributed by atoms with Crippen LogP contribution < -0.4 is 4.74 Å². The van der Waals surface area contributed by atoms with Crippen molar-refractivity contribution >= 4 is 22.6 Å². The van der Waals surface area contributed by atoms with Crippen LogP contribution in [-0.4, -0.2) is 21.6 Å². The number of rotatable bonds is 2. The predicted octanol–water partition coefficient (Wildman–Crippen LogP) is 3.08. The average molecular weight is 260 g/mol. The third kappa shape index (κ3) is 1.80. The molecule has 5 heteroatoms. The van der Waals surface area contributed by atoms with Crippen LogP contribution in [0.5, 0.6) is 5.75 Å². The summed E-state index contributed by atoms with van der Waals surface area (Å²) in [5, 5.41) is 1.20. The van der Waals surface area contributed by atoms with Crippen molar-refractivity contribution < 1.29 is 4.74 Å². The second kappa shape index (κ2) is 4.31. The third-order valence-electron chi connectivity index (χ3n) is 2.75. The molecular weight excluding hydrogens is 250 g/mol. The second-order valence-corrected chi connectivity index (χ2v) is 4.14. The van der Waals surface area contributed by atoms with Gasteiger partial charge in [0, 0.05) is 23.5 Å². The van der Waals surface area contributed by atoms with Gasteiger partial charge >= 0.3 is 0 Å². The van der Waals surface area contributed by atoms with Crippen LogP contribution in [0.25, 0.3) is 16.7 Å². The molecule has 2 heterocycles. The zero-order chi connectivity index (χ0) is 12.5. The van der Waals surface area contributed by atoms with E-state index in [-0.39, 0.29) is 5.28 Å². The highest BCUT2D eigenvalue weighted by molar-refractivity contribution is 6.28. The number of hydrogen-bond acceptors (Lipinski definition) is 3. The molecule has 0 saturated heterocycles. The number of hydrogen-bond donors (Lipinski definition) is 0. The quantitative estimate of drug-likeness (QED) is 0.664. The Morgan fingerprint density at radius 1 is 1.17 bits per heavy atom. The fourth-order valence-corrected chi connectivity index (χ4v) is 1.98. The molecule has 1 aromatic carbocycles. The summed E-state index contributed by atoms with van der Waals surface area (Å²) in [4.78, 5) is 8.20. The fourth-order valence-electron chi connectivity index (χ4n) is 1.85. The molecule has 3 rings (SSSR count). The van der Waals surface area contributed by atoms with Gasteiger partial charge in [-0.05, 0) is 41.9 Å². The lowest BCUT2D eigenvalue weighted by Gasteiger charge is -2.06. The van der Waals surface area contributed by atoms with Crippen molar-refractivity contribution in [2.24, 2.45) is 0 Å². The van der Waals surface area contributed by atoms with Crippen LogP contribution in [0.2, 0.25) is 5.28 Å². The molecule has 0 amide bonds. The van der Waals surface area contributed by atoms with Gasteiger partial charge in [-0.25, -0.2) is 4.98 Å². The van der Waals surface area contributed by atoms with Crippen molar-refractivity contribution in [3.8, 4) is 11.4 Å². The van der Waals surface area contributed by atoms with E-state index in [9.17, 15) is 0 Å². The molecule has 90 valence electrons. The molecule has 0 fully saturated rings. The predicted molar refractivity (Wildman–Crippen MR) is 70.4 cm³/mol. The smallest absolute Gasteiger partial charge is 0.224 e. The SMILES string of the molecule is COc1ccc(-n2ccc3cnc(Cl)nc32)cc1. The van der Waals surface area contributed by atoms with Gasteiger partial charge in [0.25, 0.3) is 0 Å². The molecule has 0 unspecified atom stereocenters. The van der Waals surface area contributed by atoms with Crippen molar-refractivity contribution in [2.45, 2.75) is 0 Å². The van der Waals surface area contributed by atoms with Crippen LogP contribution in [0.4, 0.5) is 0 Å². The van der Waals surface area contributed by atoms with Crippen molar-refractivity contribution in [1.82, 2.24) is 14.5 Å². The summed E-state index contributed by atoms with van der Waals surface area (Å²) < 4.78 is 7.10. The Morgan fingerprint density at radius 2 is 1.94 bits per heavy atom. The maximum Gasteiger partial charge on any atom is 0.224 e. The van der Waals surface area contributed by atoms with Gasteiger partial charge < -0.3 is 9.30 Å².